The van der Waals surface area contributed by atoms with E-state index in [0.717, 1.165) is 0 Å². The van der Waals surface area contributed by atoms with Gasteiger partial charge in [-0.2, -0.15) is 0 Å². The molecule has 0 radical (unpaired) electrons. The Labute approximate surface area is 118 Å². The Hall–Kier alpha value is -2.56. The van der Waals surface area contributed by atoms with Gasteiger partial charge < -0.3 is 15.4 Å². The summed E-state index contributed by atoms with van der Waals surface area (Å²) >= 11 is 0. The summed E-state index contributed by atoms with van der Waals surface area (Å²) in [4.78, 5) is 24.6. The summed E-state index contributed by atoms with van der Waals surface area (Å²) in [7, 11) is 0. The molecule has 0 unspecified atom stereocenters. The van der Waals surface area contributed by atoms with Gasteiger partial charge in [0.25, 0.3) is 11.8 Å². The molecule has 20 heavy (non-hydrogen) atoms. The maximum absolute atomic E-state index is 12.3. The molecule has 5 heteroatoms. The van der Waals surface area contributed by atoms with E-state index in [1.165, 1.54) is 0 Å². The number of nitrogens with two attached hydrogens (primary N) is 1. The van der Waals surface area contributed by atoms with Crippen molar-refractivity contribution in [3.63, 3.8) is 0 Å². The van der Waals surface area contributed by atoms with Crippen LogP contribution in [0.3, 0.4) is 0 Å². The third kappa shape index (κ3) is 4.61. The van der Waals surface area contributed by atoms with E-state index in [0.29, 0.717) is 24.4 Å². The predicted molar refractivity (Wildman–Crippen MR) is 77.4 cm³/mol. The van der Waals surface area contributed by atoms with E-state index >= 15 is 0 Å². The first-order chi connectivity index (χ1) is 9.58. The summed E-state index contributed by atoms with van der Waals surface area (Å²) < 4.78 is 5.17. The number of primary amides is 1. The molecule has 0 atom stereocenters. The van der Waals surface area contributed by atoms with E-state index in [9.17, 15) is 9.59 Å². The number of amides is 2. The van der Waals surface area contributed by atoms with E-state index in [-0.39, 0.29) is 12.5 Å². The molecule has 0 heterocycles. The van der Waals surface area contributed by atoms with Gasteiger partial charge in [0.15, 0.2) is 6.61 Å². The van der Waals surface area contributed by atoms with Crippen LogP contribution in [0.1, 0.15) is 10.4 Å². The lowest BCUT2D eigenvalue weighted by Gasteiger charge is -2.19. The Kier molecular flexibility index (Phi) is 6.03. The maximum atomic E-state index is 12.3. The zero-order chi connectivity index (χ0) is 15.0. The minimum Gasteiger partial charge on any atom is -0.484 e. The molecule has 2 N–H and O–H groups in total. The van der Waals surface area contributed by atoms with Gasteiger partial charge in [-0.15, -0.1) is 13.2 Å². The van der Waals surface area contributed by atoms with E-state index in [1.807, 2.05) is 0 Å². The molecule has 0 aliphatic heterocycles. The molecule has 0 spiro atoms. The third-order valence-corrected chi connectivity index (χ3v) is 2.45. The van der Waals surface area contributed by atoms with Crippen LogP contribution in [0.25, 0.3) is 0 Å². The molecule has 2 amide bonds. The Bertz CT molecular complexity index is 502. The van der Waals surface area contributed by atoms with Gasteiger partial charge in [0.1, 0.15) is 5.75 Å². The standard InChI is InChI=1S/C15H18N2O3/c1-3-8-17(9-4-2)15(19)12-6-5-7-13(10-12)20-11-14(16)18/h3-7,10H,1-2,8-9,11H2,(H2,16,18). The fourth-order valence-corrected chi connectivity index (χ4v) is 1.61. The fourth-order valence-electron chi connectivity index (χ4n) is 1.61. The van der Waals surface area contributed by atoms with Gasteiger partial charge in [-0.1, -0.05) is 18.2 Å². The summed E-state index contributed by atoms with van der Waals surface area (Å²) in [6.45, 7) is 7.88. The van der Waals surface area contributed by atoms with Gasteiger partial charge >= 0.3 is 0 Å². The maximum Gasteiger partial charge on any atom is 0.255 e. The van der Waals surface area contributed by atoms with Crippen molar-refractivity contribution in [2.75, 3.05) is 19.7 Å². The van der Waals surface area contributed by atoms with Gasteiger partial charge in [0, 0.05) is 18.7 Å². The second-order valence-electron chi connectivity index (χ2n) is 4.07. The molecule has 1 aromatic carbocycles. The predicted octanol–water partition coefficient (Wildman–Crippen LogP) is 1.36. The number of rotatable bonds is 8. The highest BCUT2D eigenvalue weighted by molar-refractivity contribution is 5.94. The molecule has 0 aliphatic rings. The van der Waals surface area contributed by atoms with Crippen molar-refractivity contribution in [3.05, 3.63) is 55.1 Å². The minimum atomic E-state index is -0.568. The van der Waals surface area contributed by atoms with Crippen LogP contribution in [0, 0.1) is 0 Å². The summed E-state index contributed by atoms with van der Waals surface area (Å²) in [6, 6.07) is 6.59. The zero-order valence-electron chi connectivity index (χ0n) is 11.2. The summed E-state index contributed by atoms with van der Waals surface area (Å²) in [5.74, 6) is -0.303. The number of nitrogens with zero attached hydrogens (tertiary/aromatic N) is 1. The zero-order valence-corrected chi connectivity index (χ0v) is 11.2. The molecule has 5 nitrogen and oxygen atoms in total. The number of hydrogen-bond acceptors (Lipinski definition) is 3. The molecule has 0 aliphatic carbocycles. The summed E-state index contributed by atoms with van der Waals surface area (Å²) in [6.07, 6.45) is 3.30. The number of hydrogen-bond donors (Lipinski definition) is 1. The summed E-state index contributed by atoms with van der Waals surface area (Å²) in [5.41, 5.74) is 5.47. The Balaban J connectivity index is 2.85. The highest BCUT2D eigenvalue weighted by Crippen LogP contribution is 2.15. The molecular formula is C15H18N2O3. The quantitative estimate of drug-likeness (QED) is 0.728. The molecule has 0 aromatic heterocycles. The largest absolute Gasteiger partial charge is 0.484 e. The number of carbonyl (C=O) groups excluding carboxylic acids is 2. The van der Waals surface area contributed by atoms with Crippen LogP contribution >= 0.6 is 0 Å². The lowest BCUT2D eigenvalue weighted by Crippen LogP contribution is -2.31. The van der Waals surface area contributed by atoms with Crippen LogP contribution < -0.4 is 10.5 Å². The normalized spacial score (nSPS) is 9.60. The highest BCUT2D eigenvalue weighted by Gasteiger charge is 2.14. The van der Waals surface area contributed by atoms with Crippen LogP contribution in [-0.2, 0) is 4.79 Å². The lowest BCUT2D eigenvalue weighted by atomic mass is 10.2. The van der Waals surface area contributed by atoms with Crippen molar-refractivity contribution in [1.29, 1.82) is 0 Å². The summed E-state index contributed by atoms with van der Waals surface area (Å²) in [5, 5.41) is 0. The van der Waals surface area contributed by atoms with E-state index in [1.54, 1.807) is 41.3 Å². The van der Waals surface area contributed by atoms with Crippen molar-refractivity contribution >= 4 is 11.8 Å². The molecule has 0 bridgehead atoms. The number of carbonyl (C=O) groups is 2. The molecular weight excluding hydrogens is 256 g/mol. The first kappa shape index (κ1) is 15.5. The van der Waals surface area contributed by atoms with Gasteiger partial charge in [0.05, 0.1) is 0 Å². The molecule has 1 rings (SSSR count). The minimum absolute atomic E-state index is 0.158. The van der Waals surface area contributed by atoms with Gasteiger partial charge in [-0.25, -0.2) is 0 Å². The van der Waals surface area contributed by atoms with Crippen LogP contribution in [0.2, 0.25) is 0 Å². The average Bonchev–Trinajstić information content (AvgIpc) is 2.44. The monoisotopic (exact) mass is 274 g/mol. The Morgan fingerprint density at radius 1 is 1.25 bits per heavy atom. The van der Waals surface area contributed by atoms with E-state index in [2.05, 4.69) is 13.2 Å². The Morgan fingerprint density at radius 2 is 1.90 bits per heavy atom. The topological polar surface area (TPSA) is 72.6 Å². The second kappa shape index (κ2) is 7.78. The fraction of sp³-hybridized carbons (Fsp3) is 0.200. The lowest BCUT2D eigenvalue weighted by molar-refractivity contribution is -0.119. The second-order valence-corrected chi connectivity index (χ2v) is 4.07. The van der Waals surface area contributed by atoms with Crippen molar-refractivity contribution in [2.45, 2.75) is 0 Å². The number of ether oxygens (including phenoxy) is 1. The molecule has 0 saturated carbocycles. The van der Waals surface area contributed by atoms with Gasteiger partial charge in [0.2, 0.25) is 0 Å². The van der Waals surface area contributed by atoms with Crippen LogP contribution in [-0.4, -0.2) is 36.4 Å². The first-order valence-electron chi connectivity index (χ1n) is 6.10. The molecule has 0 saturated heterocycles. The van der Waals surface area contributed by atoms with Crippen LogP contribution in [0.15, 0.2) is 49.6 Å². The first-order valence-corrected chi connectivity index (χ1v) is 6.10. The molecule has 1 aromatic rings. The SMILES string of the molecule is C=CCN(CC=C)C(=O)c1cccc(OCC(N)=O)c1. The van der Waals surface area contributed by atoms with Crippen molar-refractivity contribution in [2.24, 2.45) is 5.73 Å². The number of benzene rings is 1. The molecule has 106 valence electrons. The smallest absolute Gasteiger partial charge is 0.255 e. The van der Waals surface area contributed by atoms with Crippen molar-refractivity contribution in [3.8, 4) is 5.75 Å². The van der Waals surface area contributed by atoms with E-state index < -0.39 is 5.91 Å². The molecule has 0 fully saturated rings. The van der Waals surface area contributed by atoms with Gasteiger partial charge in [-0.05, 0) is 18.2 Å². The highest BCUT2D eigenvalue weighted by atomic mass is 16.5. The van der Waals surface area contributed by atoms with Crippen molar-refractivity contribution < 1.29 is 14.3 Å². The average molecular weight is 274 g/mol. The Morgan fingerprint density at radius 3 is 2.45 bits per heavy atom. The van der Waals surface area contributed by atoms with E-state index in [4.69, 9.17) is 10.5 Å². The van der Waals surface area contributed by atoms with Gasteiger partial charge in [-0.3, -0.25) is 9.59 Å². The third-order valence-electron chi connectivity index (χ3n) is 2.45. The van der Waals surface area contributed by atoms with Crippen molar-refractivity contribution in [1.82, 2.24) is 4.90 Å². The van der Waals surface area contributed by atoms with Crippen LogP contribution in [0.5, 0.6) is 5.75 Å². The van der Waals surface area contributed by atoms with Crippen LogP contribution in [0.4, 0.5) is 0 Å².